The lowest BCUT2D eigenvalue weighted by molar-refractivity contribution is -0.384. The lowest BCUT2D eigenvalue weighted by Crippen LogP contribution is -1.91. The van der Waals surface area contributed by atoms with Gasteiger partial charge in [0.15, 0.2) is 5.75 Å². The van der Waals surface area contributed by atoms with Crippen molar-refractivity contribution in [3.05, 3.63) is 64.8 Å². The maximum atomic E-state index is 10.6. The molecule has 6 nitrogen and oxygen atoms in total. The Balaban J connectivity index is 1.95. The largest absolute Gasteiger partial charge is 0.455 e. The van der Waals surface area contributed by atoms with Gasteiger partial charge in [0.25, 0.3) is 5.69 Å². The van der Waals surface area contributed by atoms with E-state index in [4.69, 9.17) is 4.74 Å². The minimum atomic E-state index is -0.451. The van der Waals surface area contributed by atoms with E-state index in [1.165, 1.54) is 18.3 Å². The minimum absolute atomic E-state index is 0.0232. The predicted octanol–water partition coefficient (Wildman–Crippen LogP) is 3.33. The summed E-state index contributed by atoms with van der Waals surface area (Å²) in [7, 11) is 0. The van der Waals surface area contributed by atoms with Crippen molar-refractivity contribution in [1.29, 1.82) is 0 Å². The molecule has 20 heavy (non-hydrogen) atoms. The third-order valence-electron chi connectivity index (χ3n) is 2.79. The number of rotatable bonds is 3. The molecule has 0 bridgehead atoms. The van der Waals surface area contributed by atoms with Crippen LogP contribution in [0.1, 0.15) is 0 Å². The Morgan fingerprint density at radius 2 is 1.80 bits per heavy atom. The van der Waals surface area contributed by atoms with E-state index in [1.807, 2.05) is 24.3 Å². The van der Waals surface area contributed by atoms with Crippen molar-refractivity contribution < 1.29 is 9.66 Å². The average molecular weight is 267 g/mol. The zero-order valence-electron chi connectivity index (χ0n) is 10.3. The van der Waals surface area contributed by atoms with E-state index in [-0.39, 0.29) is 5.69 Å². The molecule has 2 aromatic carbocycles. The highest BCUT2D eigenvalue weighted by Gasteiger charge is 2.07. The molecule has 0 fully saturated rings. The quantitative estimate of drug-likeness (QED) is 0.537. The van der Waals surface area contributed by atoms with Gasteiger partial charge in [-0.1, -0.05) is 12.1 Å². The van der Waals surface area contributed by atoms with Crippen LogP contribution < -0.4 is 4.74 Å². The van der Waals surface area contributed by atoms with Crippen LogP contribution in [0.15, 0.2) is 54.7 Å². The third-order valence-corrected chi connectivity index (χ3v) is 2.79. The van der Waals surface area contributed by atoms with E-state index in [9.17, 15) is 10.1 Å². The van der Waals surface area contributed by atoms with E-state index in [2.05, 4.69) is 10.2 Å². The van der Waals surface area contributed by atoms with E-state index >= 15 is 0 Å². The molecule has 0 N–H and O–H groups in total. The van der Waals surface area contributed by atoms with Gasteiger partial charge in [0.1, 0.15) is 5.75 Å². The van der Waals surface area contributed by atoms with Crippen molar-refractivity contribution in [3.63, 3.8) is 0 Å². The summed E-state index contributed by atoms with van der Waals surface area (Å²) in [6.07, 6.45) is 1.52. The van der Waals surface area contributed by atoms with Gasteiger partial charge in [-0.3, -0.25) is 10.1 Å². The van der Waals surface area contributed by atoms with Crippen LogP contribution in [-0.2, 0) is 0 Å². The molecule has 0 aliphatic carbocycles. The average Bonchev–Trinajstić information content (AvgIpc) is 2.48. The normalized spacial score (nSPS) is 10.4. The minimum Gasteiger partial charge on any atom is -0.455 e. The Labute approximate surface area is 113 Å². The zero-order chi connectivity index (χ0) is 13.9. The number of hydrogen-bond donors (Lipinski definition) is 0. The topological polar surface area (TPSA) is 78.2 Å². The summed E-state index contributed by atoms with van der Waals surface area (Å²) in [5.41, 5.74) is 0.752. The van der Waals surface area contributed by atoms with Crippen molar-refractivity contribution >= 4 is 16.6 Å². The Hall–Kier alpha value is -3.02. The molecule has 0 saturated carbocycles. The zero-order valence-corrected chi connectivity index (χ0v) is 10.3. The second-order valence-corrected chi connectivity index (χ2v) is 4.08. The monoisotopic (exact) mass is 267 g/mol. The van der Waals surface area contributed by atoms with Gasteiger partial charge < -0.3 is 4.74 Å². The number of nitrogens with zero attached hydrogens (tertiary/aromatic N) is 3. The lowest BCUT2D eigenvalue weighted by Gasteiger charge is -2.07. The molecule has 0 amide bonds. The van der Waals surface area contributed by atoms with Crippen LogP contribution in [0.4, 0.5) is 5.69 Å². The van der Waals surface area contributed by atoms with Gasteiger partial charge in [-0.15, -0.1) is 0 Å². The van der Waals surface area contributed by atoms with Crippen LogP contribution in [0.25, 0.3) is 10.9 Å². The summed E-state index contributed by atoms with van der Waals surface area (Å²) >= 11 is 0. The van der Waals surface area contributed by atoms with E-state index in [0.717, 1.165) is 10.9 Å². The fraction of sp³-hybridized carbons (Fsp3) is 0. The van der Waals surface area contributed by atoms with Crippen molar-refractivity contribution in [2.75, 3.05) is 0 Å². The first-order valence-electron chi connectivity index (χ1n) is 5.87. The Morgan fingerprint density at radius 3 is 2.55 bits per heavy atom. The van der Waals surface area contributed by atoms with Crippen molar-refractivity contribution in [2.24, 2.45) is 0 Å². The molecule has 6 heteroatoms. The molecule has 98 valence electrons. The molecule has 1 aromatic heterocycles. The van der Waals surface area contributed by atoms with Gasteiger partial charge in [-0.25, -0.2) is 0 Å². The van der Waals surface area contributed by atoms with Crippen LogP contribution >= 0.6 is 0 Å². The number of aromatic nitrogens is 2. The van der Waals surface area contributed by atoms with Crippen LogP contribution in [-0.4, -0.2) is 15.1 Å². The number of non-ortho nitro benzene ring substituents is 1. The second kappa shape index (κ2) is 4.93. The molecule has 0 aliphatic rings. The molecule has 0 aliphatic heterocycles. The Bertz CT molecular complexity index is 767. The summed E-state index contributed by atoms with van der Waals surface area (Å²) in [6, 6.07) is 13.4. The molecular weight excluding hydrogens is 258 g/mol. The number of nitro benzene ring substituents is 1. The van der Waals surface area contributed by atoms with Gasteiger partial charge in [0.2, 0.25) is 0 Å². The third kappa shape index (κ3) is 2.26. The molecular formula is C14H9N3O3. The Morgan fingerprint density at radius 1 is 1.05 bits per heavy atom. The predicted molar refractivity (Wildman–Crippen MR) is 72.7 cm³/mol. The van der Waals surface area contributed by atoms with E-state index < -0.39 is 4.92 Å². The van der Waals surface area contributed by atoms with E-state index in [0.29, 0.717) is 11.5 Å². The van der Waals surface area contributed by atoms with E-state index in [1.54, 1.807) is 12.1 Å². The summed E-state index contributed by atoms with van der Waals surface area (Å²) in [5, 5.41) is 19.3. The molecule has 0 spiro atoms. The second-order valence-electron chi connectivity index (χ2n) is 4.08. The summed E-state index contributed by atoms with van der Waals surface area (Å²) in [6.45, 7) is 0. The van der Waals surface area contributed by atoms with Crippen LogP contribution in [0.3, 0.4) is 0 Å². The first kappa shape index (κ1) is 12.0. The van der Waals surface area contributed by atoms with Gasteiger partial charge >= 0.3 is 0 Å². The number of benzene rings is 2. The van der Waals surface area contributed by atoms with Crippen LogP contribution in [0, 0.1) is 10.1 Å². The Kier molecular flexibility index (Phi) is 2.96. The number of fused-ring (bicyclic) bond motifs is 1. The molecule has 0 saturated heterocycles. The van der Waals surface area contributed by atoms with Crippen molar-refractivity contribution in [2.45, 2.75) is 0 Å². The first-order valence-corrected chi connectivity index (χ1v) is 5.87. The molecule has 1 heterocycles. The highest BCUT2D eigenvalue weighted by Crippen LogP contribution is 2.28. The molecule has 0 atom stereocenters. The number of hydrogen-bond acceptors (Lipinski definition) is 5. The number of nitro groups is 1. The highest BCUT2D eigenvalue weighted by atomic mass is 16.6. The maximum absolute atomic E-state index is 10.6. The van der Waals surface area contributed by atoms with Crippen LogP contribution in [0.5, 0.6) is 11.5 Å². The molecule has 0 unspecified atom stereocenters. The molecule has 0 radical (unpaired) electrons. The summed E-state index contributed by atoms with van der Waals surface area (Å²) in [4.78, 5) is 10.1. The lowest BCUT2D eigenvalue weighted by atomic mass is 10.2. The van der Waals surface area contributed by atoms with Gasteiger partial charge in [-0.2, -0.15) is 10.2 Å². The SMILES string of the molecule is O=[N+]([O-])c1ccc(Oc2cnnc3ccccc23)cc1. The fourth-order valence-corrected chi connectivity index (χ4v) is 1.83. The first-order chi connectivity index (χ1) is 9.74. The fourth-order valence-electron chi connectivity index (χ4n) is 1.83. The maximum Gasteiger partial charge on any atom is 0.269 e. The van der Waals surface area contributed by atoms with Gasteiger partial charge in [0.05, 0.1) is 16.6 Å². The van der Waals surface area contributed by atoms with Gasteiger partial charge in [0, 0.05) is 17.5 Å². The standard InChI is InChI=1S/C14H9N3O3/c18-17(19)10-5-7-11(8-6-10)20-14-9-15-16-13-4-2-1-3-12(13)14/h1-9H. The molecule has 3 aromatic rings. The van der Waals surface area contributed by atoms with Crippen LogP contribution in [0.2, 0.25) is 0 Å². The molecule has 3 rings (SSSR count). The van der Waals surface area contributed by atoms with Gasteiger partial charge in [-0.05, 0) is 24.3 Å². The van der Waals surface area contributed by atoms with Crippen molar-refractivity contribution in [3.8, 4) is 11.5 Å². The number of ether oxygens (including phenoxy) is 1. The summed E-state index contributed by atoms with van der Waals surface area (Å²) in [5.74, 6) is 1.07. The van der Waals surface area contributed by atoms with Crippen molar-refractivity contribution in [1.82, 2.24) is 10.2 Å². The highest BCUT2D eigenvalue weighted by molar-refractivity contribution is 5.84. The smallest absolute Gasteiger partial charge is 0.269 e. The summed E-state index contributed by atoms with van der Waals surface area (Å²) < 4.78 is 5.70.